The molecule has 2 atom stereocenters. The molecule has 0 radical (unpaired) electrons. The Morgan fingerprint density at radius 3 is 2.27 bits per heavy atom. The zero-order valence-corrected chi connectivity index (χ0v) is 9.69. The number of amides is 1. The second-order valence-electron chi connectivity index (χ2n) is 3.67. The van der Waals surface area contributed by atoms with Gasteiger partial charge in [0.15, 0.2) is 0 Å². The Morgan fingerprint density at radius 2 is 1.87 bits per heavy atom. The number of aliphatic carboxylic acids is 1. The minimum Gasteiger partial charge on any atom is -0.481 e. The lowest BCUT2D eigenvalue weighted by atomic mass is 9.95. The van der Waals surface area contributed by atoms with Gasteiger partial charge in [0.1, 0.15) is 0 Å². The number of carbonyl (C=O) groups is 2. The van der Waals surface area contributed by atoms with Gasteiger partial charge in [-0.3, -0.25) is 9.59 Å². The highest BCUT2D eigenvalue weighted by Crippen LogP contribution is 2.13. The Bertz CT molecular complexity index is 229. The van der Waals surface area contributed by atoms with Crippen molar-refractivity contribution in [2.75, 3.05) is 27.3 Å². The smallest absolute Gasteiger partial charge is 0.307 e. The highest BCUT2D eigenvalue weighted by Gasteiger charge is 2.27. The maximum absolute atomic E-state index is 11.7. The van der Waals surface area contributed by atoms with Gasteiger partial charge in [0.05, 0.1) is 12.5 Å². The fraction of sp³-hybridized carbons (Fsp3) is 0.800. The summed E-state index contributed by atoms with van der Waals surface area (Å²) in [5.41, 5.74) is 0. The van der Waals surface area contributed by atoms with Crippen molar-refractivity contribution in [3.63, 3.8) is 0 Å². The number of carbonyl (C=O) groups excluding carboxylic acids is 1. The average molecular weight is 217 g/mol. The van der Waals surface area contributed by atoms with Crippen molar-refractivity contribution in [2.45, 2.75) is 13.8 Å². The molecule has 0 aromatic rings. The molecule has 5 heteroatoms. The summed E-state index contributed by atoms with van der Waals surface area (Å²) in [4.78, 5) is 23.9. The lowest BCUT2D eigenvalue weighted by Gasteiger charge is -2.23. The average Bonchev–Trinajstić information content (AvgIpc) is 2.22. The van der Waals surface area contributed by atoms with Crippen molar-refractivity contribution in [1.29, 1.82) is 0 Å². The molecule has 0 spiro atoms. The van der Waals surface area contributed by atoms with Crippen LogP contribution >= 0.6 is 0 Å². The minimum atomic E-state index is -0.948. The molecule has 0 aliphatic rings. The SMILES string of the molecule is COCCN(C)C(=O)C(C)C(C)C(=O)O. The summed E-state index contributed by atoms with van der Waals surface area (Å²) in [6, 6.07) is 0. The topological polar surface area (TPSA) is 66.8 Å². The minimum absolute atomic E-state index is 0.165. The van der Waals surface area contributed by atoms with Crippen LogP contribution in [0, 0.1) is 11.8 Å². The Morgan fingerprint density at radius 1 is 1.33 bits per heavy atom. The molecule has 0 saturated carbocycles. The largest absolute Gasteiger partial charge is 0.481 e. The number of ether oxygens (including phenoxy) is 1. The monoisotopic (exact) mass is 217 g/mol. The maximum atomic E-state index is 11.7. The molecule has 0 aromatic carbocycles. The van der Waals surface area contributed by atoms with Crippen LogP contribution < -0.4 is 0 Å². The Hall–Kier alpha value is -1.10. The maximum Gasteiger partial charge on any atom is 0.307 e. The van der Waals surface area contributed by atoms with E-state index >= 15 is 0 Å². The molecule has 0 saturated heterocycles. The molecular weight excluding hydrogens is 198 g/mol. The van der Waals surface area contributed by atoms with Gasteiger partial charge in [-0.2, -0.15) is 0 Å². The van der Waals surface area contributed by atoms with Crippen LogP contribution in [-0.2, 0) is 14.3 Å². The summed E-state index contributed by atoms with van der Waals surface area (Å²) >= 11 is 0. The number of hydrogen-bond donors (Lipinski definition) is 1. The van der Waals surface area contributed by atoms with E-state index in [9.17, 15) is 9.59 Å². The molecule has 0 fully saturated rings. The highest BCUT2D eigenvalue weighted by atomic mass is 16.5. The van der Waals surface area contributed by atoms with Crippen LogP contribution in [0.5, 0.6) is 0 Å². The molecule has 1 N–H and O–H groups in total. The standard InChI is InChI=1S/C10H19NO4/c1-7(8(2)10(13)14)9(12)11(3)5-6-15-4/h7-8H,5-6H2,1-4H3,(H,13,14). The second-order valence-corrected chi connectivity index (χ2v) is 3.67. The summed E-state index contributed by atoms with van der Waals surface area (Å²) in [5, 5.41) is 8.76. The van der Waals surface area contributed by atoms with Gasteiger partial charge in [0.2, 0.25) is 5.91 Å². The van der Waals surface area contributed by atoms with E-state index in [4.69, 9.17) is 9.84 Å². The zero-order valence-electron chi connectivity index (χ0n) is 9.69. The van der Waals surface area contributed by atoms with E-state index in [-0.39, 0.29) is 5.91 Å². The predicted octanol–water partition coefficient (Wildman–Crippen LogP) is 0.448. The first-order valence-corrected chi connectivity index (χ1v) is 4.88. The molecule has 0 aromatic heterocycles. The molecule has 5 nitrogen and oxygen atoms in total. The van der Waals surface area contributed by atoms with Crippen LogP contribution in [0.3, 0.4) is 0 Å². The van der Waals surface area contributed by atoms with Gasteiger partial charge in [0, 0.05) is 26.6 Å². The summed E-state index contributed by atoms with van der Waals surface area (Å²) < 4.78 is 4.84. The third-order valence-electron chi connectivity index (χ3n) is 2.54. The van der Waals surface area contributed by atoms with Gasteiger partial charge in [-0.1, -0.05) is 13.8 Å². The normalized spacial score (nSPS) is 14.4. The second kappa shape index (κ2) is 6.40. The van der Waals surface area contributed by atoms with Crippen LogP contribution in [-0.4, -0.2) is 49.2 Å². The van der Waals surface area contributed by atoms with E-state index in [1.165, 1.54) is 11.8 Å². The van der Waals surface area contributed by atoms with Crippen molar-refractivity contribution >= 4 is 11.9 Å². The Balaban J connectivity index is 4.24. The molecule has 0 rings (SSSR count). The molecule has 88 valence electrons. The number of carboxylic acids is 1. The number of hydrogen-bond acceptors (Lipinski definition) is 3. The van der Waals surface area contributed by atoms with E-state index < -0.39 is 17.8 Å². The fourth-order valence-corrected chi connectivity index (χ4v) is 1.11. The first-order valence-electron chi connectivity index (χ1n) is 4.88. The summed E-state index contributed by atoms with van der Waals surface area (Å²) in [6.07, 6.45) is 0. The van der Waals surface area contributed by atoms with Gasteiger partial charge >= 0.3 is 5.97 Å². The quantitative estimate of drug-likeness (QED) is 0.701. The molecular formula is C10H19NO4. The first kappa shape index (κ1) is 13.9. The van der Waals surface area contributed by atoms with Crippen molar-refractivity contribution in [1.82, 2.24) is 4.90 Å². The number of carboxylic acid groups (broad SMARTS) is 1. The molecule has 0 aliphatic carbocycles. The molecule has 0 aliphatic heterocycles. The van der Waals surface area contributed by atoms with Crippen molar-refractivity contribution < 1.29 is 19.4 Å². The Labute approximate surface area is 90.0 Å². The Kier molecular flexibility index (Phi) is 5.93. The fourth-order valence-electron chi connectivity index (χ4n) is 1.11. The van der Waals surface area contributed by atoms with Crippen LogP contribution in [0.15, 0.2) is 0 Å². The number of likely N-dealkylation sites (N-methyl/N-ethyl adjacent to an activating group) is 1. The molecule has 15 heavy (non-hydrogen) atoms. The van der Waals surface area contributed by atoms with Crippen molar-refractivity contribution in [2.24, 2.45) is 11.8 Å². The summed E-state index contributed by atoms with van der Waals surface area (Å²) in [6.45, 7) is 4.10. The first-order chi connectivity index (χ1) is 6.91. The summed E-state index contributed by atoms with van der Waals surface area (Å²) in [5.74, 6) is -2.29. The summed E-state index contributed by atoms with van der Waals surface area (Å²) in [7, 11) is 3.20. The van der Waals surface area contributed by atoms with E-state index in [2.05, 4.69) is 0 Å². The van der Waals surface area contributed by atoms with E-state index in [1.807, 2.05) is 0 Å². The number of nitrogens with zero attached hydrogens (tertiary/aromatic N) is 1. The van der Waals surface area contributed by atoms with Gasteiger partial charge in [-0.15, -0.1) is 0 Å². The van der Waals surface area contributed by atoms with Crippen molar-refractivity contribution in [3.8, 4) is 0 Å². The third kappa shape index (κ3) is 4.29. The highest BCUT2D eigenvalue weighted by molar-refractivity contribution is 5.84. The number of rotatable bonds is 6. The zero-order chi connectivity index (χ0) is 12.0. The van der Waals surface area contributed by atoms with Gasteiger partial charge < -0.3 is 14.7 Å². The van der Waals surface area contributed by atoms with E-state index in [1.54, 1.807) is 21.1 Å². The molecule has 2 unspecified atom stereocenters. The van der Waals surface area contributed by atoms with Crippen molar-refractivity contribution in [3.05, 3.63) is 0 Å². The van der Waals surface area contributed by atoms with Gasteiger partial charge in [-0.05, 0) is 0 Å². The van der Waals surface area contributed by atoms with E-state index in [0.717, 1.165) is 0 Å². The van der Waals surface area contributed by atoms with Crippen LogP contribution in [0.25, 0.3) is 0 Å². The third-order valence-corrected chi connectivity index (χ3v) is 2.54. The lowest BCUT2D eigenvalue weighted by Crippen LogP contribution is -2.38. The van der Waals surface area contributed by atoms with Gasteiger partial charge in [0.25, 0.3) is 0 Å². The lowest BCUT2D eigenvalue weighted by molar-refractivity contribution is -0.148. The van der Waals surface area contributed by atoms with Gasteiger partial charge in [-0.25, -0.2) is 0 Å². The molecule has 1 amide bonds. The molecule has 0 bridgehead atoms. The van der Waals surface area contributed by atoms with E-state index in [0.29, 0.717) is 13.2 Å². The number of methoxy groups -OCH3 is 1. The van der Waals surface area contributed by atoms with Crippen LogP contribution in [0.2, 0.25) is 0 Å². The molecule has 0 heterocycles. The predicted molar refractivity (Wildman–Crippen MR) is 55.5 cm³/mol. The van der Waals surface area contributed by atoms with Crippen LogP contribution in [0.1, 0.15) is 13.8 Å². The van der Waals surface area contributed by atoms with Crippen LogP contribution in [0.4, 0.5) is 0 Å².